The molecule has 0 heterocycles. The summed E-state index contributed by atoms with van der Waals surface area (Å²) in [7, 11) is 0. The van der Waals surface area contributed by atoms with Crippen LogP contribution < -0.4 is 11.1 Å². The van der Waals surface area contributed by atoms with Crippen LogP contribution in [0.15, 0.2) is 12.1 Å². The van der Waals surface area contributed by atoms with Crippen LogP contribution in [-0.2, 0) is 4.79 Å². The Morgan fingerprint density at radius 1 is 1.28 bits per heavy atom. The van der Waals surface area contributed by atoms with Gasteiger partial charge in [0.25, 0.3) is 5.91 Å². The van der Waals surface area contributed by atoms with Gasteiger partial charge in [-0.2, -0.15) is 0 Å². The molecule has 1 aromatic carbocycles. The van der Waals surface area contributed by atoms with Gasteiger partial charge in [0.05, 0.1) is 11.3 Å². The number of nitrogens with two attached hydrogens (primary N) is 1. The van der Waals surface area contributed by atoms with Crippen LogP contribution in [0, 0.1) is 11.6 Å². The summed E-state index contributed by atoms with van der Waals surface area (Å²) >= 11 is 0. The zero-order chi connectivity index (χ0) is 13.7. The first-order chi connectivity index (χ1) is 8.45. The predicted octanol–water partition coefficient (Wildman–Crippen LogP) is 0.775. The Bertz CT molecular complexity index is 478. The molecule has 0 bridgehead atoms. The van der Waals surface area contributed by atoms with Crippen molar-refractivity contribution in [2.24, 2.45) is 5.73 Å². The third-order valence-electron chi connectivity index (χ3n) is 2.16. The molecule has 5 nitrogen and oxygen atoms in total. The lowest BCUT2D eigenvalue weighted by atomic mass is 10.1. The third kappa shape index (κ3) is 3.49. The van der Waals surface area contributed by atoms with Gasteiger partial charge in [-0.1, -0.05) is 0 Å². The van der Waals surface area contributed by atoms with Crippen LogP contribution in [0.3, 0.4) is 0 Å². The molecule has 0 aliphatic heterocycles. The topological polar surface area (TPSA) is 92.4 Å². The van der Waals surface area contributed by atoms with Gasteiger partial charge in [-0.25, -0.2) is 8.78 Å². The van der Waals surface area contributed by atoms with Gasteiger partial charge in [0, 0.05) is 19.1 Å². The molecule has 18 heavy (non-hydrogen) atoms. The number of halogens is 2. The van der Waals surface area contributed by atoms with Crippen molar-refractivity contribution in [2.75, 3.05) is 11.9 Å². The number of aliphatic hydroxyl groups is 1. The average Bonchev–Trinajstić information content (AvgIpc) is 2.29. The minimum Gasteiger partial charge on any atom is -0.396 e. The van der Waals surface area contributed by atoms with Crippen molar-refractivity contribution in [1.29, 1.82) is 0 Å². The Balaban J connectivity index is 2.92. The second kappa shape index (κ2) is 6.06. The Morgan fingerprint density at radius 2 is 1.94 bits per heavy atom. The van der Waals surface area contributed by atoms with Gasteiger partial charge in [0.15, 0.2) is 0 Å². The first-order valence-electron chi connectivity index (χ1n) is 5.15. The van der Waals surface area contributed by atoms with Gasteiger partial charge >= 0.3 is 0 Å². The van der Waals surface area contributed by atoms with E-state index in [0.29, 0.717) is 6.07 Å². The molecule has 0 fully saturated rings. The van der Waals surface area contributed by atoms with Gasteiger partial charge in [0.2, 0.25) is 5.91 Å². The Hall–Kier alpha value is -2.02. The number of hydrogen-bond donors (Lipinski definition) is 3. The van der Waals surface area contributed by atoms with E-state index in [9.17, 15) is 18.4 Å². The first-order valence-corrected chi connectivity index (χ1v) is 5.15. The fourth-order valence-corrected chi connectivity index (χ4v) is 1.29. The van der Waals surface area contributed by atoms with Crippen LogP contribution in [0.25, 0.3) is 0 Å². The summed E-state index contributed by atoms with van der Waals surface area (Å²) < 4.78 is 26.5. The molecule has 7 heteroatoms. The summed E-state index contributed by atoms with van der Waals surface area (Å²) in [4.78, 5) is 22.1. The van der Waals surface area contributed by atoms with Crippen LogP contribution in [0.1, 0.15) is 23.2 Å². The lowest BCUT2D eigenvalue weighted by Crippen LogP contribution is -2.17. The molecule has 0 saturated heterocycles. The predicted molar refractivity (Wildman–Crippen MR) is 59.8 cm³/mol. The zero-order valence-corrected chi connectivity index (χ0v) is 9.37. The number of amides is 2. The van der Waals surface area contributed by atoms with Crippen molar-refractivity contribution < 1.29 is 23.5 Å². The van der Waals surface area contributed by atoms with E-state index in [1.807, 2.05) is 0 Å². The van der Waals surface area contributed by atoms with Gasteiger partial charge in [-0.15, -0.1) is 0 Å². The second-order valence-electron chi connectivity index (χ2n) is 3.55. The number of carbonyl (C=O) groups excluding carboxylic acids is 2. The highest BCUT2D eigenvalue weighted by atomic mass is 19.1. The molecule has 0 radical (unpaired) electrons. The summed E-state index contributed by atoms with van der Waals surface area (Å²) in [6.45, 7) is -0.175. The van der Waals surface area contributed by atoms with Crippen LogP contribution in [-0.4, -0.2) is 23.5 Å². The van der Waals surface area contributed by atoms with E-state index in [0.717, 1.165) is 6.07 Å². The molecule has 2 amide bonds. The van der Waals surface area contributed by atoms with E-state index >= 15 is 0 Å². The largest absolute Gasteiger partial charge is 0.396 e. The fraction of sp³-hybridized carbons (Fsp3) is 0.273. The summed E-state index contributed by atoms with van der Waals surface area (Å²) in [5.41, 5.74) is 4.07. The summed E-state index contributed by atoms with van der Waals surface area (Å²) in [5.74, 6) is -3.70. The molecule has 1 rings (SSSR count). The van der Waals surface area contributed by atoms with Gasteiger partial charge < -0.3 is 16.2 Å². The molecule has 0 aromatic heterocycles. The first kappa shape index (κ1) is 14.0. The molecule has 0 unspecified atom stereocenters. The van der Waals surface area contributed by atoms with E-state index in [1.165, 1.54) is 0 Å². The molecule has 0 spiro atoms. The molecule has 4 N–H and O–H groups in total. The number of rotatable bonds is 5. The van der Waals surface area contributed by atoms with E-state index in [1.54, 1.807) is 0 Å². The summed E-state index contributed by atoms with van der Waals surface area (Å²) in [6, 6.07) is 1.31. The SMILES string of the molecule is NC(=O)c1cc(NC(=O)CCCO)c(F)cc1F. The lowest BCUT2D eigenvalue weighted by Gasteiger charge is -2.08. The number of anilines is 1. The second-order valence-corrected chi connectivity index (χ2v) is 3.55. The van der Waals surface area contributed by atoms with Crippen molar-refractivity contribution in [3.05, 3.63) is 29.3 Å². The maximum atomic E-state index is 13.3. The number of carbonyl (C=O) groups is 2. The molecule has 0 aliphatic carbocycles. The number of nitrogens with one attached hydrogen (secondary N) is 1. The minimum atomic E-state index is -1.09. The monoisotopic (exact) mass is 258 g/mol. The highest BCUT2D eigenvalue weighted by Gasteiger charge is 2.15. The number of primary amides is 1. The van der Waals surface area contributed by atoms with Crippen molar-refractivity contribution in [3.63, 3.8) is 0 Å². The molecular formula is C11H12F2N2O3. The van der Waals surface area contributed by atoms with Gasteiger partial charge in [0.1, 0.15) is 11.6 Å². The van der Waals surface area contributed by atoms with Gasteiger partial charge in [-0.05, 0) is 12.5 Å². The summed E-state index contributed by atoms with van der Waals surface area (Å²) in [5, 5.41) is 10.7. The van der Waals surface area contributed by atoms with E-state index < -0.39 is 29.0 Å². The standard InChI is InChI=1S/C11H12F2N2O3/c12-7-5-8(13)9(4-6(7)11(14)18)15-10(17)2-1-3-16/h4-5,16H,1-3H2,(H2,14,18)(H,15,17). The third-order valence-corrected chi connectivity index (χ3v) is 2.16. The van der Waals surface area contributed by atoms with Crippen LogP contribution in [0.4, 0.5) is 14.5 Å². The Labute approximate surface area is 102 Å². The van der Waals surface area contributed by atoms with Crippen LogP contribution in [0.5, 0.6) is 0 Å². The molecule has 0 atom stereocenters. The molecular weight excluding hydrogens is 246 g/mol. The van der Waals surface area contributed by atoms with Crippen molar-refractivity contribution in [2.45, 2.75) is 12.8 Å². The number of benzene rings is 1. The lowest BCUT2D eigenvalue weighted by molar-refractivity contribution is -0.116. The van der Waals surface area contributed by atoms with E-state index in [-0.39, 0.29) is 25.1 Å². The van der Waals surface area contributed by atoms with Crippen molar-refractivity contribution in [3.8, 4) is 0 Å². The van der Waals surface area contributed by atoms with Crippen LogP contribution >= 0.6 is 0 Å². The highest BCUT2D eigenvalue weighted by Crippen LogP contribution is 2.19. The zero-order valence-electron chi connectivity index (χ0n) is 9.37. The Kier molecular flexibility index (Phi) is 4.73. The maximum Gasteiger partial charge on any atom is 0.251 e. The van der Waals surface area contributed by atoms with Crippen molar-refractivity contribution in [1.82, 2.24) is 0 Å². The molecule has 98 valence electrons. The van der Waals surface area contributed by atoms with Crippen molar-refractivity contribution >= 4 is 17.5 Å². The normalized spacial score (nSPS) is 10.2. The minimum absolute atomic E-state index is 0.0147. The van der Waals surface area contributed by atoms with E-state index in [2.05, 4.69) is 5.32 Å². The molecule has 1 aromatic rings. The number of aliphatic hydroxyl groups excluding tert-OH is 1. The Morgan fingerprint density at radius 3 is 2.50 bits per heavy atom. The molecule has 0 aliphatic rings. The van der Waals surface area contributed by atoms with Crippen LogP contribution in [0.2, 0.25) is 0 Å². The van der Waals surface area contributed by atoms with E-state index in [4.69, 9.17) is 10.8 Å². The number of hydrogen-bond acceptors (Lipinski definition) is 3. The molecule has 0 saturated carbocycles. The highest BCUT2D eigenvalue weighted by molar-refractivity contribution is 5.96. The average molecular weight is 258 g/mol. The smallest absolute Gasteiger partial charge is 0.251 e. The summed E-state index contributed by atoms with van der Waals surface area (Å²) in [6.07, 6.45) is 0.205. The quantitative estimate of drug-likeness (QED) is 0.728. The maximum absolute atomic E-state index is 13.3. The fourth-order valence-electron chi connectivity index (χ4n) is 1.29. The van der Waals surface area contributed by atoms with Gasteiger partial charge in [-0.3, -0.25) is 9.59 Å².